The number of rotatable bonds is 14. The number of ether oxygens (including phenoxy) is 1. The Morgan fingerprint density at radius 2 is 1.44 bits per heavy atom. The summed E-state index contributed by atoms with van der Waals surface area (Å²) in [6.07, 6.45) is 15.4. The molecule has 142 valence electrons. The van der Waals surface area contributed by atoms with Crippen LogP contribution >= 0.6 is 0 Å². The van der Waals surface area contributed by atoms with Gasteiger partial charge in [0.15, 0.2) is 0 Å². The minimum Gasteiger partial charge on any atom is -0.506 e. The molecule has 0 atom stereocenters. The minimum absolute atomic E-state index is 0.0835. The van der Waals surface area contributed by atoms with Crippen LogP contribution in [0.4, 0.5) is 5.69 Å². The number of nitrogens with two attached hydrogens (primary N) is 1. The zero-order chi connectivity index (χ0) is 18.3. The number of carbonyl (C=O) groups excluding carboxylic acids is 1. The van der Waals surface area contributed by atoms with Crippen molar-refractivity contribution >= 4 is 11.7 Å². The lowest BCUT2D eigenvalue weighted by atomic mass is 10.1. The van der Waals surface area contributed by atoms with E-state index in [9.17, 15) is 9.90 Å². The molecule has 1 aromatic carbocycles. The van der Waals surface area contributed by atoms with Crippen molar-refractivity contribution in [3.8, 4) is 5.75 Å². The average Bonchev–Trinajstić information content (AvgIpc) is 2.61. The molecule has 0 amide bonds. The maximum atomic E-state index is 11.8. The highest BCUT2D eigenvalue weighted by molar-refractivity contribution is 5.90. The van der Waals surface area contributed by atoms with Gasteiger partial charge >= 0.3 is 5.97 Å². The summed E-state index contributed by atoms with van der Waals surface area (Å²) < 4.78 is 5.22. The maximum Gasteiger partial charge on any atom is 0.338 e. The molecule has 0 heterocycles. The Bertz CT molecular complexity index is 488. The third kappa shape index (κ3) is 10.0. The van der Waals surface area contributed by atoms with Crippen LogP contribution in [0.3, 0.4) is 0 Å². The summed E-state index contributed by atoms with van der Waals surface area (Å²) in [4.78, 5) is 11.8. The Labute approximate surface area is 152 Å². The Hall–Kier alpha value is -1.71. The second-order valence-corrected chi connectivity index (χ2v) is 6.80. The second-order valence-electron chi connectivity index (χ2n) is 6.80. The number of aromatic hydroxyl groups is 1. The number of hydrogen-bond donors (Lipinski definition) is 2. The molecule has 25 heavy (non-hydrogen) atoms. The first-order valence-corrected chi connectivity index (χ1v) is 9.90. The van der Waals surface area contributed by atoms with Gasteiger partial charge in [0.1, 0.15) is 5.75 Å². The smallest absolute Gasteiger partial charge is 0.338 e. The van der Waals surface area contributed by atoms with E-state index >= 15 is 0 Å². The molecule has 0 aliphatic carbocycles. The molecule has 0 spiro atoms. The van der Waals surface area contributed by atoms with E-state index in [1.165, 1.54) is 76.3 Å². The standard InChI is InChI=1S/C21H35NO3/c1-2-3-4-5-6-7-8-9-10-11-12-13-16-25-21(24)18-14-15-19(22)20(23)17-18/h14-15,17,23H,2-13,16,22H2,1H3. The van der Waals surface area contributed by atoms with E-state index < -0.39 is 5.97 Å². The van der Waals surface area contributed by atoms with Gasteiger partial charge in [0, 0.05) is 0 Å². The Morgan fingerprint density at radius 1 is 0.920 bits per heavy atom. The number of unbranched alkanes of at least 4 members (excludes halogenated alkanes) is 11. The molecule has 0 unspecified atom stereocenters. The van der Waals surface area contributed by atoms with Gasteiger partial charge in [-0.2, -0.15) is 0 Å². The first-order chi connectivity index (χ1) is 12.1. The molecule has 0 fully saturated rings. The molecule has 4 nitrogen and oxygen atoms in total. The summed E-state index contributed by atoms with van der Waals surface area (Å²) in [5.41, 5.74) is 6.11. The Morgan fingerprint density at radius 3 is 1.96 bits per heavy atom. The van der Waals surface area contributed by atoms with Crippen LogP contribution in [-0.4, -0.2) is 17.7 Å². The number of hydrogen-bond acceptors (Lipinski definition) is 4. The van der Waals surface area contributed by atoms with Crippen molar-refractivity contribution in [2.75, 3.05) is 12.3 Å². The molecule has 1 rings (SSSR count). The number of esters is 1. The van der Waals surface area contributed by atoms with Crippen LogP contribution in [0.1, 0.15) is 94.3 Å². The van der Waals surface area contributed by atoms with E-state index in [1.807, 2.05) is 0 Å². The van der Waals surface area contributed by atoms with Gasteiger partial charge in [-0.3, -0.25) is 0 Å². The van der Waals surface area contributed by atoms with Crippen molar-refractivity contribution in [2.45, 2.75) is 84.0 Å². The fourth-order valence-electron chi connectivity index (χ4n) is 2.86. The van der Waals surface area contributed by atoms with Gasteiger partial charge in [-0.15, -0.1) is 0 Å². The molecule has 0 aliphatic rings. The molecule has 3 N–H and O–H groups in total. The van der Waals surface area contributed by atoms with E-state index in [-0.39, 0.29) is 11.4 Å². The van der Waals surface area contributed by atoms with Crippen LogP contribution < -0.4 is 5.73 Å². The highest BCUT2D eigenvalue weighted by atomic mass is 16.5. The summed E-state index contributed by atoms with van der Waals surface area (Å²) >= 11 is 0. The van der Waals surface area contributed by atoms with Crippen LogP contribution in [0.25, 0.3) is 0 Å². The topological polar surface area (TPSA) is 72.5 Å². The summed E-state index contributed by atoms with van der Waals surface area (Å²) in [5, 5.41) is 9.50. The van der Waals surface area contributed by atoms with Crippen molar-refractivity contribution in [1.29, 1.82) is 0 Å². The van der Waals surface area contributed by atoms with E-state index in [4.69, 9.17) is 10.5 Å². The maximum absolute atomic E-state index is 11.8. The quantitative estimate of drug-likeness (QED) is 0.192. The molecule has 0 saturated heterocycles. The normalized spacial score (nSPS) is 10.8. The van der Waals surface area contributed by atoms with Gasteiger partial charge in [-0.1, -0.05) is 77.6 Å². The van der Waals surface area contributed by atoms with Gasteiger partial charge in [-0.25, -0.2) is 4.79 Å². The summed E-state index contributed by atoms with van der Waals surface area (Å²) in [7, 11) is 0. The predicted octanol–water partition coefficient (Wildman–Crippen LogP) is 5.83. The number of phenolic OH excluding ortho intramolecular Hbond substituents is 1. The fourth-order valence-corrected chi connectivity index (χ4v) is 2.86. The Balaban J connectivity index is 1.93. The van der Waals surface area contributed by atoms with E-state index in [2.05, 4.69) is 6.92 Å². The SMILES string of the molecule is CCCCCCCCCCCCCCOC(=O)c1ccc(N)c(O)c1. The largest absolute Gasteiger partial charge is 0.506 e. The number of anilines is 1. The van der Waals surface area contributed by atoms with Crippen molar-refractivity contribution in [3.05, 3.63) is 23.8 Å². The molecule has 4 heteroatoms. The van der Waals surface area contributed by atoms with Crippen molar-refractivity contribution < 1.29 is 14.6 Å². The van der Waals surface area contributed by atoms with Crippen LogP contribution in [0, 0.1) is 0 Å². The fraction of sp³-hybridized carbons (Fsp3) is 0.667. The molecule has 1 aromatic rings. The first kappa shape index (κ1) is 21.3. The van der Waals surface area contributed by atoms with E-state index in [0.717, 1.165) is 12.8 Å². The highest BCUT2D eigenvalue weighted by Crippen LogP contribution is 2.21. The molecule has 0 saturated carbocycles. The lowest BCUT2D eigenvalue weighted by molar-refractivity contribution is 0.0497. The predicted molar refractivity (Wildman–Crippen MR) is 104 cm³/mol. The molecular weight excluding hydrogens is 314 g/mol. The molecule has 0 bridgehead atoms. The van der Waals surface area contributed by atoms with Crippen LogP contribution in [-0.2, 0) is 4.74 Å². The van der Waals surface area contributed by atoms with Crippen LogP contribution in [0.5, 0.6) is 5.75 Å². The lowest BCUT2D eigenvalue weighted by Gasteiger charge is -2.06. The van der Waals surface area contributed by atoms with Gasteiger partial charge < -0.3 is 15.6 Å². The van der Waals surface area contributed by atoms with Crippen molar-refractivity contribution in [3.63, 3.8) is 0 Å². The Kier molecular flexibility index (Phi) is 11.6. The minimum atomic E-state index is -0.404. The number of phenols is 1. The number of benzene rings is 1. The zero-order valence-corrected chi connectivity index (χ0v) is 15.8. The molecular formula is C21H35NO3. The van der Waals surface area contributed by atoms with Crippen molar-refractivity contribution in [2.24, 2.45) is 0 Å². The lowest BCUT2D eigenvalue weighted by Crippen LogP contribution is -2.06. The van der Waals surface area contributed by atoms with Gasteiger partial charge in [-0.05, 0) is 24.6 Å². The van der Waals surface area contributed by atoms with E-state index in [0.29, 0.717) is 12.2 Å². The van der Waals surface area contributed by atoms with Gasteiger partial charge in [0.2, 0.25) is 0 Å². The van der Waals surface area contributed by atoms with Gasteiger partial charge in [0.05, 0.1) is 17.9 Å². The highest BCUT2D eigenvalue weighted by Gasteiger charge is 2.09. The first-order valence-electron chi connectivity index (χ1n) is 9.90. The third-order valence-electron chi connectivity index (χ3n) is 4.50. The van der Waals surface area contributed by atoms with Crippen molar-refractivity contribution in [1.82, 2.24) is 0 Å². The number of nitrogen functional groups attached to an aromatic ring is 1. The summed E-state index contributed by atoms with van der Waals surface area (Å²) in [5.74, 6) is -0.488. The molecule has 0 aliphatic heterocycles. The third-order valence-corrected chi connectivity index (χ3v) is 4.50. The van der Waals surface area contributed by atoms with Gasteiger partial charge in [0.25, 0.3) is 0 Å². The second kappa shape index (κ2) is 13.6. The summed E-state index contributed by atoms with van der Waals surface area (Å²) in [6, 6.07) is 4.43. The monoisotopic (exact) mass is 349 g/mol. The average molecular weight is 350 g/mol. The zero-order valence-electron chi connectivity index (χ0n) is 15.8. The molecule has 0 radical (unpaired) electrons. The molecule has 0 aromatic heterocycles. The summed E-state index contributed by atoms with van der Waals surface area (Å²) in [6.45, 7) is 2.69. The van der Waals surface area contributed by atoms with E-state index in [1.54, 1.807) is 6.07 Å². The van der Waals surface area contributed by atoms with Crippen LogP contribution in [0.15, 0.2) is 18.2 Å². The number of carbonyl (C=O) groups is 1. The van der Waals surface area contributed by atoms with Crippen LogP contribution in [0.2, 0.25) is 0 Å².